The van der Waals surface area contributed by atoms with Gasteiger partial charge in [-0.25, -0.2) is 9.59 Å². The van der Waals surface area contributed by atoms with Crippen LogP contribution in [0.5, 0.6) is 0 Å². The van der Waals surface area contributed by atoms with Gasteiger partial charge in [0.25, 0.3) is 0 Å². The second kappa shape index (κ2) is 7.13. The highest BCUT2D eigenvalue weighted by Crippen LogP contribution is 2.32. The minimum Gasteiger partial charge on any atom is -0.465 e. The SMILES string of the molecule is CCC1c2ccccc2/C=C(C(=O)OC)\C(C(=O)OC)=C/N1C. The lowest BCUT2D eigenvalue weighted by molar-refractivity contribution is -0.139. The second-order valence-electron chi connectivity index (χ2n) is 5.30. The number of methoxy groups -OCH3 is 2. The van der Waals surface area contributed by atoms with Gasteiger partial charge in [-0.15, -0.1) is 0 Å². The largest absolute Gasteiger partial charge is 0.465 e. The molecule has 0 saturated heterocycles. The summed E-state index contributed by atoms with van der Waals surface area (Å²) in [6.45, 7) is 2.08. The van der Waals surface area contributed by atoms with E-state index in [2.05, 4.69) is 6.92 Å². The molecule has 1 aromatic rings. The number of hydrogen-bond acceptors (Lipinski definition) is 5. The molecule has 0 bridgehead atoms. The zero-order valence-electron chi connectivity index (χ0n) is 13.8. The Kier molecular flexibility index (Phi) is 5.21. The first-order valence-electron chi connectivity index (χ1n) is 7.44. The van der Waals surface area contributed by atoms with E-state index in [1.165, 1.54) is 14.2 Å². The molecule has 5 nitrogen and oxygen atoms in total. The zero-order chi connectivity index (χ0) is 17.0. The van der Waals surface area contributed by atoms with E-state index in [1.54, 1.807) is 12.3 Å². The van der Waals surface area contributed by atoms with Crippen LogP contribution < -0.4 is 0 Å². The van der Waals surface area contributed by atoms with Crippen molar-refractivity contribution in [3.05, 3.63) is 52.7 Å². The van der Waals surface area contributed by atoms with E-state index in [1.807, 2.05) is 36.2 Å². The summed E-state index contributed by atoms with van der Waals surface area (Å²) in [5.74, 6) is -1.14. The van der Waals surface area contributed by atoms with Crippen LogP contribution in [0.25, 0.3) is 6.08 Å². The van der Waals surface area contributed by atoms with E-state index >= 15 is 0 Å². The maximum atomic E-state index is 12.2. The molecule has 1 aromatic carbocycles. The molecule has 1 heterocycles. The number of benzene rings is 1. The smallest absolute Gasteiger partial charge is 0.340 e. The average molecular weight is 315 g/mol. The first-order chi connectivity index (χ1) is 11.0. The molecular weight excluding hydrogens is 294 g/mol. The van der Waals surface area contributed by atoms with Crippen molar-refractivity contribution in [1.29, 1.82) is 0 Å². The Morgan fingerprint density at radius 1 is 1.09 bits per heavy atom. The molecule has 5 heteroatoms. The highest BCUT2D eigenvalue weighted by Gasteiger charge is 2.27. The van der Waals surface area contributed by atoms with Crippen molar-refractivity contribution in [2.24, 2.45) is 0 Å². The van der Waals surface area contributed by atoms with Crippen LogP contribution >= 0.6 is 0 Å². The van der Waals surface area contributed by atoms with Crippen molar-refractivity contribution < 1.29 is 19.1 Å². The van der Waals surface area contributed by atoms with E-state index in [9.17, 15) is 9.59 Å². The topological polar surface area (TPSA) is 55.8 Å². The maximum Gasteiger partial charge on any atom is 0.340 e. The number of esters is 2. The first-order valence-corrected chi connectivity index (χ1v) is 7.44. The van der Waals surface area contributed by atoms with Crippen LogP contribution in [-0.2, 0) is 19.1 Å². The summed E-state index contributed by atoms with van der Waals surface area (Å²) in [6.07, 6.45) is 4.21. The molecule has 23 heavy (non-hydrogen) atoms. The molecule has 122 valence electrons. The fourth-order valence-electron chi connectivity index (χ4n) is 2.82. The molecule has 1 aliphatic rings. The number of fused-ring (bicyclic) bond motifs is 1. The molecule has 0 spiro atoms. The fraction of sp³-hybridized carbons (Fsp3) is 0.333. The van der Waals surface area contributed by atoms with Gasteiger partial charge in [-0.1, -0.05) is 31.2 Å². The number of carbonyl (C=O) groups is 2. The molecule has 0 saturated carbocycles. The van der Waals surface area contributed by atoms with Gasteiger partial charge in [0.15, 0.2) is 0 Å². The van der Waals surface area contributed by atoms with E-state index in [0.717, 1.165) is 17.5 Å². The quantitative estimate of drug-likeness (QED) is 0.803. The van der Waals surface area contributed by atoms with Crippen molar-refractivity contribution in [1.82, 2.24) is 4.90 Å². The van der Waals surface area contributed by atoms with Crippen LogP contribution in [0, 0.1) is 0 Å². The van der Waals surface area contributed by atoms with Gasteiger partial charge in [-0.2, -0.15) is 0 Å². The van der Waals surface area contributed by atoms with Crippen molar-refractivity contribution in [3.63, 3.8) is 0 Å². The van der Waals surface area contributed by atoms with Crippen LogP contribution in [0.1, 0.15) is 30.5 Å². The molecule has 0 radical (unpaired) electrons. The van der Waals surface area contributed by atoms with E-state index in [4.69, 9.17) is 9.47 Å². The Morgan fingerprint density at radius 3 is 2.30 bits per heavy atom. The Bertz CT molecular complexity index is 675. The zero-order valence-corrected chi connectivity index (χ0v) is 13.8. The summed E-state index contributed by atoms with van der Waals surface area (Å²) >= 11 is 0. The molecule has 0 amide bonds. The molecular formula is C18H21NO4. The van der Waals surface area contributed by atoms with Crippen molar-refractivity contribution in [2.75, 3.05) is 21.3 Å². The predicted octanol–water partition coefficient (Wildman–Crippen LogP) is 2.70. The van der Waals surface area contributed by atoms with Crippen LogP contribution in [-0.4, -0.2) is 38.1 Å². The standard InChI is InChI=1S/C18H21NO4/c1-5-16-13-9-7-6-8-12(13)10-14(17(20)22-3)15(11-19(16)2)18(21)23-4/h6-11,16H,5H2,1-4H3/b14-10+,15-11+. The molecule has 0 fully saturated rings. The van der Waals surface area contributed by atoms with Gasteiger partial charge in [0.2, 0.25) is 0 Å². The summed E-state index contributed by atoms with van der Waals surface area (Å²) in [6, 6.07) is 7.92. The third-order valence-corrected chi connectivity index (χ3v) is 3.97. The van der Waals surface area contributed by atoms with Crippen LogP contribution in [0.2, 0.25) is 0 Å². The van der Waals surface area contributed by atoms with Gasteiger partial charge in [0.05, 0.1) is 31.4 Å². The minimum absolute atomic E-state index is 0.0984. The third-order valence-electron chi connectivity index (χ3n) is 3.97. The van der Waals surface area contributed by atoms with Gasteiger partial charge in [0, 0.05) is 13.2 Å². The lowest BCUT2D eigenvalue weighted by atomic mass is 9.92. The number of ether oxygens (including phenoxy) is 2. The van der Waals surface area contributed by atoms with Crippen molar-refractivity contribution in [2.45, 2.75) is 19.4 Å². The highest BCUT2D eigenvalue weighted by atomic mass is 16.5. The number of rotatable bonds is 3. The second-order valence-corrected chi connectivity index (χ2v) is 5.30. The predicted molar refractivity (Wildman–Crippen MR) is 87.3 cm³/mol. The molecule has 1 atom stereocenters. The van der Waals surface area contributed by atoms with Gasteiger partial charge >= 0.3 is 11.9 Å². The van der Waals surface area contributed by atoms with E-state index < -0.39 is 11.9 Å². The number of nitrogens with zero attached hydrogens (tertiary/aromatic N) is 1. The maximum absolute atomic E-state index is 12.2. The van der Waals surface area contributed by atoms with E-state index in [-0.39, 0.29) is 17.2 Å². The molecule has 0 N–H and O–H groups in total. The Hall–Kier alpha value is -2.56. The lowest BCUT2D eigenvalue weighted by Crippen LogP contribution is -2.25. The van der Waals surface area contributed by atoms with Crippen molar-refractivity contribution in [3.8, 4) is 0 Å². The van der Waals surface area contributed by atoms with Crippen LogP contribution in [0.15, 0.2) is 41.6 Å². The van der Waals surface area contributed by atoms with Crippen LogP contribution in [0.4, 0.5) is 0 Å². The summed E-state index contributed by atoms with van der Waals surface area (Å²) in [4.78, 5) is 26.3. The molecule has 1 unspecified atom stereocenters. The normalized spacial score (nSPS) is 21.7. The van der Waals surface area contributed by atoms with Crippen molar-refractivity contribution >= 4 is 18.0 Å². The molecule has 2 rings (SSSR count). The van der Waals surface area contributed by atoms with E-state index in [0.29, 0.717) is 0 Å². The average Bonchev–Trinajstić information content (AvgIpc) is 2.57. The summed E-state index contributed by atoms with van der Waals surface area (Å²) in [5.41, 5.74) is 2.36. The molecule has 1 aliphatic heterocycles. The minimum atomic E-state index is -0.570. The summed E-state index contributed by atoms with van der Waals surface area (Å²) in [5, 5.41) is 0. The molecule has 0 aromatic heterocycles. The summed E-state index contributed by atoms with van der Waals surface area (Å²) < 4.78 is 9.67. The van der Waals surface area contributed by atoms with Crippen LogP contribution in [0.3, 0.4) is 0 Å². The lowest BCUT2D eigenvalue weighted by Gasteiger charge is -2.30. The Labute approximate surface area is 136 Å². The van der Waals surface area contributed by atoms with Gasteiger partial charge < -0.3 is 14.4 Å². The Morgan fingerprint density at radius 2 is 1.70 bits per heavy atom. The first kappa shape index (κ1) is 16.8. The Balaban J connectivity index is 2.72. The third kappa shape index (κ3) is 3.28. The van der Waals surface area contributed by atoms with Gasteiger partial charge in [-0.3, -0.25) is 0 Å². The fourth-order valence-corrected chi connectivity index (χ4v) is 2.82. The number of carbonyl (C=O) groups excluding carboxylic acids is 2. The summed E-state index contributed by atoms with van der Waals surface area (Å²) in [7, 11) is 4.47. The highest BCUT2D eigenvalue weighted by molar-refractivity contribution is 6.10. The molecule has 0 aliphatic carbocycles. The van der Waals surface area contributed by atoms with Gasteiger partial charge in [0.1, 0.15) is 0 Å². The monoisotopic (exact) mass is 315 g/mol. The number of hydrogen-bond donors (Lipinski definition) is 0. The van der Waals surface area contributed by atoms with Gasteiger partial charge in [-0.05, 0) is 23.6 Å².